The lowest BCUT2D eigenvalue weighted by atomic mass is 9.96. The Balaban J connectivity index is 0.000000470. The summed E-state index contributed by atoms with van der Waals surface area (Å²) in [6.07, 6.45) is 1.47. The number of alkyl halides is 3. The third-order valence-corrected chi connectivity index (χ3v) is 6.06. The number of rotatable bonds is 6. The Kier molecular flexibility index (Phi) is 8.44. The van der Waals surface area contributed by atoms with E-state index < -0.39 is 12.1 Å². The number of carboxylic acids is 1. The van der Waals surface area contributed by atoms with Gasteiger partial charge in [-0.25, -0.2) is 9.78 Å². The van der Waals surface area contributed by atoms with E-state index in [1.54, 1.807) is 6.20 Å². The van der Waals surface area contributed by atoms with E-state index >= 15 is 0 Å². The molecule has 0 unspecified atom stereocenters. The van der Waals surface area contributed by atoms with Gasteiger partial charge in [0.25, 0.3) is 5.56 Å². The average molecular weight is 550 g/mol. The molecule has 11 heteroatoms. The summed E-state index contributed by atoms with van der Waals surface area (Å²) in [5.74, 6) is -2.76. The molecule has 0 fully saturated rings. The number of fused-ring (bicyclic) bond motifs is 1. The molecule has 0 saturated heterocycles. The molecular formula is C29H26F3N5O3. The van der Waals surface area contributed by atoms with Crippen LogP contribution in [-0.4, -0.2) is 37.0 Å². The zero-order valence-corrected chi connectivity index (χ0v) is 21.4. The molecule has 40 heavy (non-hydrogen) atoms. The lowest BCUT2D eigenvalue weighted by molar-refractivity contribution is -0.192. The Morgan fingerprint density at radius 3 is 2.30 bits per heavy atom. The van der Waals surface area contributed by atoms with Crippen molar-refractivity contribution in [3.05, 3.63) is 95.2 Å². The molecule has 0 spiro atoms. The fraction of sp³-hybridized carbons (Fsp3) is 0.172. The Bertz CT molecular complexity index is 1680. The molecular weight excluding hydrogens is 523 g/mol. The van der Waals surface area contributed by atoms with Gasteiger partial charge in [0.05, 0.1) is 22.8 Å². The van der Waals surface area contributed by atoms with Crippen molar-refractivity contribution in [1.29, 1.82) is 0 Å². The quantitative estimate of drug-likeness (QED) is 0.252. The number of carboxylic acid groups (broad SMARTS) is 1. The van der Waals surface area contributed by atoms with Crippen molar-refractivity contribution in [2.75, 3.05) is 0 Å². The number of nitrogens with one attached hydrogen (secondary N) is 1. The number of carbonyl (C=O) groups is 1. The van der Waals surface area contributed by atoms with Crippen LogP contribution in [0.25, 0.3) is 44.4 Å². The van der Waals surface area contributed by atoms with Crippen LogP contribution in [0.5, 0.6) is 0 Å². The van der Waals surface area contributed by atoms with E-state index in [1.165, 1.54) is 0 Å². The molecule has 0 aliphatic rings. The van der Waals surface area contributed by atoms with E-state index in [9.17, 15) is 18.0 Å². The van der Waals surface area contributed by atoms with E-state index in [2.05, 4.69) is 17.0 Å². The molecule has 0 atom stereocenters. The summed E-state index contributed by atoms with van der Waals surface area (Å²) in [6, 6.07) is 20.1. The first-order valence-corrected chi connectivity index (χ1v) is 12.4. The molecule has 4 N–H and O–H groups in total. The van der Waals surface area contributed by atoms with Crippen LogP contribution in [-0.2, 0) is 17.9 Å². The van der Waals surface area contributed by atoms with E-state index in [1.807, 2.05) is 77.7 Å². The number of nitrogens with zero attached hydrogens (tertiary/aromatic N) is 3. The second-order valence-electron chi connectivity index (χ2n) is 8.87. The Hall–Kier alpha value is -4.77. The van der Waals surface area contributed by atoms with Gasteiger partial charge in [-0.05, 0) is 23.6 Å². The summed E-state index contributed by atoms with van der Waals surface area (Å²) in [5.41, 5.74) is 12.8. The Labute approximate surface area is 226 Å². The van der Waals surface area contributed by atoms with Crippen LogP contribution in [0.3, 0.4) is 0 Å². The molecule has 2 aromatic carbocycles. The number of hydrogen-bond acceptors (Lipinski definition) is 5. The molecule has 0 aliphatic heterocycles. The van der Waals surface area contributed by atoms with Crippen molar-refractivity contribution < 1.29 is 23.1 Å². The fourth-order valence-corrected chi connectivity index (χ4v) is 4.11. The first kappa shape index (κ1) is 28.2. The van der Waals surface area contributed by atoms with Crippen molar-refractivity contribution in [2.24, 2.45) is 5.73 Å². The molecule has 0 bridgehead atoms. The Morgan fingerprint density at radius 2 is 1.70 bits per heavy atom. The van der Waals surface area contributed by atoms with Crippen LogP contribution in [0, 0.1) is 0 Å². The highest BCUT2D eigenvalue weighted by Crippen LogP contribution is 2.35. The van der Waals surface area contributed by atoms with Crippen LogP contribution in [0.1, 0.15) is 18.9 Å². The number of aromatic amines is 1. The van der Waals surface area contributed by atoms with Gasteiger partial charge in [0, 0.05) is 47.7 Å². The lowest BCUT2D eigenvalue weighted by Gasteiger charge is -2.13. The summed E-state index contributed by atoms with van der Waals surface area (Å²) in [5, 5.41) is 12.1. The molecule has 0 aliphatic carbocycles. The number of aliphatic carboxylic acids is 1. The lowest BCUT2D eigenvalue weighted by Crippen LogP contribution is -2.21. The second kappa shape index (κ2) is 12.0. The average Bonchev–Trinajstić information content (AvgIpc) is 3.41. The third kappa shape index (κ3) is 6.26. The minimum Gasteiger partial charge on any atom is -0.475 e. The van der Waals surface area contributed by atoms with Crippen molar-refractivity contribution in [3.8, 4) is 33.5 Å². The summed E-state index contributed by atoms with van der Waals surface area (Å²) in [4.78, 5) is 29.7. The SMILES string of the molecule is CCCn1cc(-c2c[nH]c(=O)c3cc(-c4ccccc4)c(-c4ccc(CN)cc4)nc23)cn1.O=C(O)C(F)(F)F. The monoisotopic (exact) mass is 549 g/mol. The summed E-state index contributed by atoms with van der Waals surface area (Å²) >= 11 is 0. The highest BCUT2D eigenvalue weighted by molar-refractivity contribution is 5.98. The number of nitrogens with two attached hydrogens (primary N) is 1. The first-order valence-electron chi connectivity index (χ1n) is 12.4. The second-order valence-corrected chi connectivity index (χ2v) is 8.87. The molecule has 8 nitrogen and oxygen atoms in total. The van der Waals surface area contributed by atoms with Crippen LogP contribution < -0.4 is 11.3 Å². The van der Waals surface area contributed by atoms with E-state index in [0.717, 1.165) is 52.0 Å². The highest BCUT2D eigenvalue weighted by Gasteiger charge is 2.38. The van der Waals surface area contributed by atoms with Gasteiger partial charge in [-0.2, -0.15) is 18.3 Å². The summed E-state index contributed by atoms with van der Waals surface area (Å²) in [7, 11) is 0. The zero-order valence-electron chi connectivity index (χ0n) is 21.4. The Morgan fingerprint density at radius 1 is 1.02 bits per heavy atom. The zero-order chi connectivity index (χ0) is 28.9. The van der Waals surface area contributed by atoms with Crippen molar-refractivity contribution >= 4 is 16.9 Å². The fourth-order valence-electron chi connectivity index (χ4n) is 4.11. The smallest absolute Gasteiger partial charge is 0.475 e. The minimum atomic E-state index is -5.08. The topological polar surface area (TPSA) is 127 Å². The minimum absolute atomic E-state index is 0.163. The molecule has 5 rings (SSSR count). The van der Waals surface area contributed by atoms with Crippen molar-refractivity contribution in [2.45, 2.75) is 32.6 Å². The number of halogens is 3. The molecule has 0 radical (unpaired) electrons. The normalized spacial score (nSPS) is 11.2. The van der Waals surface area contributed by atoms with Crippen LogP contribution in [0.2, 0.25) is 0 Å². The van der Waals surface area contributed by atoms with Crippen molar-refractivity contribution in [3.63, 3.8) is 0 Å². The number of H-pyrrole nitrogens is 1. The van der Waals surface area contributed by atoms with Gasteiger partial charge in [-0.3, -0.25) is 9.48 Å². The molecule has 3 aromatic heterocycles. The highest BCUT2D eigenvalue weighted by atomic mass is 19.4. The standard InChI is InChI=1S/C27H25N5O.C2HF3O2/c1-2-12-32-17-21(15-30-32)24-16-29-27(33)23-13-22(19-6-4-3-5-7-19)25(31-26(23)24)20-10-8-18(14-28)9-11-20;3-2(4,5)1(6)7/h3-11,13,15-17H,2,12,14,28H2,1H3,(H,29,33);(H,6,7). The summed E-state index contributed by atoms with van der Waals surface area (Å²) < 4.78 is 33.6. The number of hydrogen-bond donors (Lipinski definition) is 3. The molecule has 0 saturated carbocycles. The summed E-state index contributed by atoms with van der Waals surface area (Å²) in [6.45, 7) is 3.44. The van der Waals surface area contributed by atoms with Crippen molar-refractivity contribution in [1.82, 2.24) is 19.7 Å². The van der Waals surface area contributed by atoms with E-state index in [-0.39, 0.29) is 5.56 Å². The molecule has 5 aromatic rings. The molecule has 0 amide bonds. The van der Waals surface area contributed by atoms with Gasteiger partial charge in [-0.15, -0.1) is 0 Å². The maximum atomic E-state index is 12.9. The number of aromatic nitrogens is 4. The van der Waals surface area contributed by atoms with E-state index in [0.29, 0.717) is 17.4 Å². The van der Waals surface area contributed by atoms with Crippen LogP contribution >= 0.6 is 0 Å². The maximum absolute atomic E-state index is 12.9. The largest absolute Gasteiger partial charge is 0.490 e. The van der Waals surface area contributed by atoms with Gasteiger partial charge in [0.1, 0.15) is 0 Å². The molecule has 206 valence electrons. The third-order valence-electron chi connectivity index (χ3n) is 6.06. The first-order chi connectivity index (χ1) is 19.1. The van der Waals surface area contributed by atoms with Gasteiger partial charge in [0.15, 0.2) is 0 Å². The van der Waals surface area contributed by atoms with Gasteiger partial charge < -0.3 is 15.8 Å². The number of benzene rings is 2. The van der Waals surface area contributed by atoms with Gasteiger partial charge >= 0.3 is 12.1 Å². The predicted octanol–water partition coefficient (Wildman–Crippen LogP) is 5.62. The number of pyridine rings is 2. The number of aryl methyl sites for hydroxylation is 1. The molecule has 3 heterocycles. The van der Waals surface area contributed by atoms with Crippen LogP contribution in [0.4, 0.5) is 13.2 Å². The van der Waals surface area contributed by atoms with Gasteiger partial charge in [-0.1, -0.05) is 61.5 Å². The predicted molar refractivity (Wildman–Crippen MR) is 146 cm³/mol. The van der Waals surface area contributed by atoms with E-state index in [4.69, 9.17) is 20.6 Å². The van der Waals surface area contributed by atoms with Crippen LogP contribution in [0.15, 0.2) is 84.0 Å². The maximum Gasteiger partial charge on any atom is 0.490 e. The van der Waals surface area contributed by atoms with Gasteiger partial charge in [0.2, 0.25) is 0 Å².